The maximum Gasteiger partial charge on any atom is 0.0336 e. The van der Waals surface area contributed by atoms with Crippen LogP contribution in [0.2, 0.25) is 0 Å². The van der Waals surface area contributed by atoms with Crippen LogP contribution in [0.4, 0.5) is 0 Å². The maximum atomic E-state index is 6.19. The molecule has 0 radical (unpaired) electrons. The molecule has 0 aliphatic rings. The van der Waals surface area contributed by atoms with E-state index in [0.717, 1.165) is 12.8 Å². The number of hydrogen-bond donors (Lipinski definition) is 1. The van der Waals surface area contributed by atoms with E-state index < -0.39 is 0 Å². The Morgan fingerprint density at radius 1 is 1.12 bits per heavy atom. The molecule has 0 saturated carbocycles. The summed E-state index contributed by atoms with van der Waals surface area (Å²) >= 11 is 0. The van der Waals surface area contributed by atoms with Crippen LogP contribution in [0.25, 0.3) is 0 Å². The Hall–Kier alpha value is -1.67. The van der Waals surface area contributed by atoms with Gasteiger partial charge in [0.05, 0.1) is 0 Å². The van der Waals surface area contributed by atoms with E-state index in [9.17, 15) is 0 Å². The van der Waals surface area contributed by atoms with Gasteiger partial charge in [0, 0.05) is 18.4 Å². The van der Waals surface area contributed by atoms with E-state index in [1.54, 1.807) is 6.20 Å². The van der Waals surface area contributed by atoms with Crippen molar-refractivity contribution in [3.63, 3.8) is 0 Å². The second-order valence-corrected chi connectivity index (χ2v) is 4.27. The summed E-state index contributed by atoms with van der Waals surface area (Å²) in [5.41, 5.74) is 9.91. The smallest absolute Gasteiger partial charge is 0.0336 e. The summed E-state index contributed by atoms with van der Waals surface area (Å²) in [4.78, 5) is 4.10. The van der Waals surface area contributed by atoms with Crippen molar-refractivity contribution in [3.05, 3.63) is 65.5 Å². The highest BCUT2D eigenvalue weighted by Crippen LogP contribution is 2.16. The first-order valence-electron chi connectivity index (χ1n) is 6.03. The topological polar surface area (TPSA) is 38.9 Å². The number of nitrogens with two attached hydrogens (primary N) is 1. The van der Waals surface area contributed by atoms with Gasteiger partial charge < -0.3 is 5.73 Å². The first kappa shape index (κ1) is 11.8. The van der Waals surface area contributed by atoms with Gasteiger partial charge in [-0.3, -0.25) is 4.98 Å². The van der Waals surface area contributed by atoms with Crippen LogP contribution in [0.15, 0.2) is 48.8 Å². The van der Waals surface area contributed by atoms with E-state index in [1.807, 2.05) is 12.3 Å². The number of nitrogens with zero attached hydrogens (tertiary/aromatic N) is 1. The number of rotatable bonds is 4. The highest BCUT2D eigenvalue weighted by molar-refractivity contribution is 5.26. The monoisotopic (exact) mass is 226 g/mol. The third-order valence-electron chi connectivity index (χ3n) is 2.99. The van der Waals surface area contributed by atoms with Crippen LogP contribution >= 0.6 is 0 Å². The lowest BCUT2D eigenvalue weighted by molar-refractivity contribution is 0.719. The number of hydrogen-bond acceptors (Lipinski definition) is 2. The van der Waals surface area contributed by atoms with E-state index in [0.29, 0.717) is 0 Å². The molecule has 1 aromatic heterocycles. The van der Waals surface area contributed by atoms with Crippen molar-refractivity contribution in [1.29, 1.82) is 0 Å². The van der Waals surface area contributed by atoms with Gasteiger partial charge in [0.15, 0.2) is 0 Å². The fraction of sp³-hybridized carbons (Fsp3) is 0.267. The Balaban J connectivity index is 2.06. The van der Waals surface area contributed by atoms with Crippen molar-refractivity contribution in [2.75, 3.05) is 0 Å². The quantitative estimate of drug-likeness (QED) is 0.870. The average Bonchev–Trinajstić information content (AvgIpc) is 2.40. The van der Waals surface area contributed by atoms with Gasteiger partial charge >= 0.3 is 0 Å². The molecule has 1 heterocycles. The molecule has 1 unspecified atom stereocenters. The molecular weight excluding hydrogens is 208 g/mol. The molecule has 0 bridgehead atoms. The minimum atomic E-state index is 0.0464. The van der Waals surface area contributed by atoms with E-state index >= 15 is 0 Å². The van der Waals surface area contributed by atoms with Crippen molar-refractivity contribution in [3.8, 4) is 0 Å². The lowest BCUT2D eigenvalue weighted by Gasteiger charge is -2.12. The molecule has 0 spiro atoms. The van der Waals surface area contributed by atoms with E-state index in [-0.39, 0.29) is 6.04 Å². The number of aryl methyl sites for hydroxylation is 1. The van der Waals surface area contributed by atoms with Crippen LogP contribution in [0.1, 0.15) is 29.7 Å². The van der Waals surface area contributed by atoms with Crippen LogP contribution < -0.4 is 5.73 Å². The zero-order valence-electron chi connectivity index (χ0n) is 10.1. The minimum Gasteiger partial charge on any atom is -0.324 e. The van der Waals surface area contributed by atoms with Crippen LogP contribution in [0.3, 0.4) is 0 Å². The summed E-state index contributed by atoms with van der Waals surface area (Å²) in [6, 6.07) is 12.6. The van der Waals surface area contributed by atoms with Crippen molar-refractivity contribution in [2.45, 2.75) is 25.8 Å². The molecule has 0 saturated heterocycles. The summed E-state index contributed by atoms with van der Waals surface area (Å²) < 4.78 is 0. The molecule has 0 aliphatic heterocycles. The summed E-state index contributed by atoms with van der Waals surface area (Å²) in [5.74, 6) is 0. The van der Waals surface area contributed by atoms with Crippen molar-refractivity contribution in [2.24, 2.45) is 5.73 Å². The SMILES string of the molecule is CCc1ccc(C(N)Cc2cccnc2)cc1. The van der Waals surface area contributed by atoms with Gasteiger partial charge in [-0.15, -0.1) is 0 Å². The number of pyridine rings is 1. The molecule has 0 aliphatic carbocycles. The van der Waals surface area contributed by atoms with Gasteiger partial charge in [-0.05, 0) is 35.6 Å². The third kappa shape index (κ3) is 3.14. The van der Waals surface area contributed by atoms with Gasteiger partial charge in [0.25, 0.3) is 0 Å². The maximum absolute atomic E-state index is 6.19. The molecule has 2 aromatic rings. The van der Waals surface area contributed by atoms with Crippen molar-refractivity contribution < 1.29 is 0 Å². The molecular formula is C15H18N2. The number of benzene rings is 1. The fourth-order valence-corrected chi connectivity index (χ4v) is 1.89. The predicted octanol–water partition coefficient (Wildman–Crippen LogP) is 2.89. The van der Waals surface area contributed by atoms with E-state index in [1.165, 1.54) is 16.7 Å². The third-order valence-corrected chi connectivity index (χ3v) is 2.99. The molecule has 17 heavy (non-hydrogen) atoms. The fourth-order valence-electron chi connectivity index (χ4n) is 1.89. The molecule has 2 N–H and O–H groups in total. The highest BCUT2D eigenvalue weighted by atomic mass is 14.6. The average molecular weight is 226 g/mol. The van der Waals surface area contributed by atoms with E-state index in [2.05, 4.69) is 42.2 Å². The first-order valence-corrected chi connectivity index (χ1v) is 6.03. The zero-order valence-corrected chi connectivity index (χ0v) is 10.1. The summed E-state index contributed by atoms with van der Waals surface area (Å²) in [6.45, 7) is 2.16. The standard InChI is InChI=1S/C15H18N2/c1-2-12-5-7-14(8-6-12)15(16)10-13-4-3-9-17-11-13/h3-9,11,15H,2,10,16H2,1H3. The molecule has 1 atom stereocenters. The molecule has 2 heteroatoms. The van der Waals surface area contributed by atoms with Crippen LogP contribution in [-0.2, 0) is 12.8 Å². The first-order chi connectivity index (χ1) is 8.29. The Labute approximate surface area is 103 Å². The van der Waals surface area contributed by atoms with E-state index in [4.69, 9.17) is 5.73 Å². The predicted molar refractivity (Wildman–Crippen MR) is 70.7 cm³/mol. The van der Waals surface area contributed by atoms with Gasteiger partial charge in [-0.2, -0.15) is 0 Å². The van der Waals surface area contributed by atoms with Crippen LogP contribution in [-0.4, -0.2) is 4.98 Å². The summed E-state index contributed by atoms with van der Waals surface area (Å²) in [7, 11) is 0. The van der Waals surface area contributed by atoms with Crippen molar-refractivity contribution >= 4 is 0 Å². The minimum absolute atomic E-state index is 0.0464. The Bertz CT molecular complexity index is 448. The summed E-state index contributed by atoms with van der Waals surface area (Å²) in [6.07, 6.45) is 5.56. The Kier molecular flexibility index (Phi) is 3.89. The van der Waals surface area contributed by atoms with Crippen LogP contribution in [0.5, 0.6) is 0 Å². The molecule has 2 nitrogen and oxygen atoms in total. The molecule has 1 aromatic carbocycles. The van der Waals surface area contributed by atoms with Gasteiger partial charge in [-0.1, -0.05) is 37.3 Å². The van der Waals surface area contributed by atoms with Gasteiger partial charge in [-0.25, -0.2) is 0 Å². The lowest BCUT2D eigenvalue weighted by Crippen LogP contribution is -2.13. The summed E-state index contributed by atoms with van der Waals surface area (Å²) in [5, 5.41) is 0. The molecule has 2 rings (SSSR count). The molecule has 0 fully saturated rings. The van der Waals surface area contributed by atoms with Gasteiger partial charge in [0.2, 0.25) is 0 Å². The molecule has 0 amide bonds. The Morgan fingerprint density at radius 3 is 2.47 bits per heavy atom. The second-order valence-electron chi connectivity index (χ2n) is 4.27. The Morgan fingerprint density at radius 2 is 1.88 bits per heavy atom. The van der Waals surface area contributed by atoms with Crippen LogP contribution in [0, 0.1) is 0 Å². The normalized spacial score (nSPS) is 12.4. The number of aromatic nitrogens is 1. The van der Waals surface area contributed by atoms with Gasteiger partial charge in [0.1, 0.15) is 0 Å². The largest absolute Gasteiger partial charge is 0.324 e. The highest BCUT2D eigenvalue weighted by Gasteiger charge is 2.06. The van der Waals surface area contributed by atoms with Crippen molar-refractivity contribution in [1.82, 2.24) is 4.98 Å². The zero-order chi connectivity index (χ0) is 12.1. The lowest BCUT2D eigenvalue weighted by atomic mass is 9.99. The molecule has 88 valence electrons. The second kappa shape index (κ2) is 5.60.